The Hall–Kier alpha value is -0.700. The predicted molar refractivity (Wildman–Crippen MR) is 60.4 cm³/mol. The highest BCUT2D eigenvalue weighted by molar-refractivity contribution is 7.99. The molecule has 1 aromatic rings. The monoisotopic (exact) mass is 196 g/mol. The van der Waals surface area contributed by atoms with Gasteiger partial charge in [-0.3, -0.25) is 4.98 Å². The number of thioether (sulfide) groups is 1. The maximum atomic E-state index is 4.14. The van der Waals surface area contributed by atoms with Crippen molar-refractivity contribution in [2.24, 2.45) is 0 Å². The van der Waals surface area contributed by atoms with Crippen LogP contribution in [0.1, 0.15) is 12.6 Å². The summed E-state index contributed by atoms with van der Waals surface area (Å²) in [5.41, 5.74) is 2.22. The van der Waals surface area contributed by atoms with Crippen LogP contribution in [0.2, 0.25) is 0 Å². The van der Waals surface area contributed by atoms with Crippen molar-refractivity contribution in [1.29, 1.82) is 0 Å². The molecular formula is C10H16N2S. The van der Waals surface area contributed by atoms with E-state index >= 15 is 0 Å². The Kier molecular flexibility index (Phi) is 4.09. The van der Waals surface area contributed by atoms with Gasteiger partial charge in [0.15, 0.2) is 0 Å². The second kappa shape index (κ2) is 5.12. The lowest BCUT2D eigenvalue weighted by atomic mass is 10.3. The van der Waals surface area contributed by atoms with Gasteiger partial charge in [0.05, 0.1) is 0 Å². The van der Waals surface area contributed by atoms with Crippen LogP contribution in [0, 0.1) is 6.92 Å². The molecule has 1 aromatic heterocycles. The van der Waals surface area contributed by atoms with Crippen molar-refractivity contribution in [3.8, 4) is 0 Å². The molecule has 0 saturated heterocycles. The molecule has 1 rings (SSSR count). The van der Waals surface area contributed by atoms with Crippen molar-refractivity contribution in [1.82, 2.24) is 4.98 Å². The molecule has 1 atom stereocenters. The summed E-state index contributed by atoms with van der Waals surface area (Å²) in [6.07, 6.45) is 3.96. The number of nitrogens with one attached hydrogen (secondary N) is 1. The van der Waals surface area contributed by atoms with E-state index < -0.39 is 0 Å². The van der Waals surface area contributed by atoms with Gasteiger partial charge >= 0.3 is 0 Å². The first-order chi connectivity index (χ1) is 6.22. The number of rotatable bonds is 4. The van der Waals surface area contributed by atoms with Gasteiger partial charge in [-0.2, -0.15) is 11.8 Å². The molecule has 72 valence electrons. The predicted octanol–water partition coefficient (Wildman–Crippen LogP) is 2.55. The van der Waals surface area contributed by atoms with Crippen LogP contribution < -0.4 is 5.32 Å². The standard InChI is InChI=1S/C10H16N2S/c1-8-6-10(4-5-11-8)12-7-9(2)13-3/h4-6,9H,7H2,1-3H3,(H,11,12). The van der Waals surface area contributed by atoms with Gasteiger partial charge in [-0.05, 0) is 25.3 Å². The van der Waals surface area contributed by atoms with Crippen LogP contribution in [0.15, 0.2) is 18.3 Å². The lowest BCUT2D eigenvalue weighted by Gasteiger charge is -2.10. The molecule has 0 aliphatic rings. The number of pyridine rings is 1. The molecule has 1 N–H and O–H groups in total. The molecule has 1 heterocycles. The second-order valence-corrected chi connectivity index (χ2v) is 4.39. The summed E-state index contributed by atoms with van der Waals surface area (Å²) in [6, 6.07) is 4.06. The fourth-order valence-corrected chi connectivity index (χ4v) is 1.25. The molecular weight excluding hydrogens is 180 g/mol. The summed E-state index contributed by atoms with van der Waals surface area (Å²) in [5, 5.41) is 4.02. The smallest absolute Gasteiger partial charge is 0.0393 e. The molecule has 0 aliphatic heterocycles. The fraction of sp³-hybridized carbons (Fsp3) is 0.500. The van der Waals surface area contributed by atoms with Crippen LogP contribution in [0.5, 0.6) is 0 Å². The Bertz CT molecular complexity index is 263. The molecule has 3 heteroatoms. The Morgan fingerprint density at radius 3 is 3.00 bits per heavy atom. The zero-order valence-corrected chi connectivity index (χ0v) is 9.19. The van der Waals surface area contributed by atoms with Gasteiger partial charge in [0.1, 0.15) is 0 Å². The molecule has 0 aliphatic carbocycles. The van der Waals surface area contributed by atoms with Crippen LogP contribution in [0.25, 0.3) is 0 Å². The van der Waals surface area contributed by atoms with Crippen molar-refractivity contribution >= 4 is 17.4 Å². The molecule has 0 amide bonds. The topological polar surface area (TPSA) is 24.9 Å². The Morgan fingerprint density at radius 1 is 1.62 bits per heavy atom. The molecule has 0 radical (unpaired) electrons. The summed E-state index contributed by atoms with van der Waals surface area (Å²) in [4.78, 5) is 4.14. The molecule has 1 unspecified atom stereocenters. The van der Waals surface area contributed by atoms with Gasteiger partial charge < -0.3 is 5.32 Å². The minimum Gasteiger partial charge on any atom is -0.384 e. The molecule has 13 heavy (non-hydrogen) atoms. The van der Waals surface area contributed by atoms with Crippen molar-refractivity contribution < 1.29 is 0 Å². The number of aryl methyl sites for hydroxylation is 1. The van der Waals surface area contributed by atoms with Crippen LogP contribution in [0.3, 0.4) is 0 Å². The second-order valence-electron chi connectivity index (χ2n) is 3.11. The number of aromatic nitrogens is 1. The zero-order valence-electron chi connectivity index (χ0n) is 8.37. The van der Waals surface area contributed by atoms with Gasteiger partial charge in [-0.15, -0.1) is 0 Å². The van der Waals surface area contributed by atoms with Crippen molar-refractivity contribution in [3.63, 3.8) is 0 Å². The van der Waals surface area contributed by atoms with E-state index in [-0.39, 0.29) is 0 Å². The first kappa shape index (κ1) is 10.4. The summed E-state index contributed by atoms with van der Waals surface area (Å²) in [6.45, 7) is 5.22. The molecule has 0 bridgehead atoms. The normalized spacial score (nSPS) is 12.5. The van der Waals surface area contributed by atoms with Crippen LogP contribution in [0.4, 0.5) is 5.69 Å². The highest BCUT2D eigenvalue weighted by atomic mass is 32.2. The summed E-state index contributed by atoms with van der Waals surface area (Å²) in [7, 11) is 0. The molecule has 0 aromatic carbocycles. The molecule has 2 nitrogen and oxygen atoms in total. The minimum absolute atomic E-state index is 0.647. The van der Waals surface area contributed by atoms with E-state index in [0.29, 0.717) is 5.25 Å². The van der Waals surface area contributed by atoms with Crippen molar-refractivity contribution in [2.75, 3.05) is 18.1 Å². The van der Waals surface area contributed by atoms with E-state index in [0.717, 1.165) is 17.9 Å². The van der Waals surface area contributed by atoms with E-state index in [1.165, 1.54) is 0 Å². The lowest BCUT2D eigenvalue weighted by molar-refractivity contribution is 1.00. The summed E-state index contributed by atoms with van der Waals surface area (Å²) in [5.74, 6) is 0. The first-order valence-electron chi connectivity index (χ1n) is 4.41. The maximum absolute atomic E-state index is 4.14. The van der Waals surface area contributed by atoms with E-state index in [2.05, 4.69) is 29.5 Å². The molecule has 0 saturated carbocycles. The average Bonchev–Trinajstić information content (AvgIpc) is 2.14. The number of hydrogen-bond donors (Lipinski definition) is 1. The van der Waals surface area contributed by atoms with E-state index in [9.17, 15) is 0 Å². The number of hydrogen-bond acceptors (Lipinski definition) is 3. The third-order valence-corrected chi connectivity index (χ3v) is 2.86. The first-order valence-corrected chi connectivity index (χ1v) is 5.70. The SMILES string of the molecule is CSC(C)CNc1ccnc(C)c1. The maximum Gasteiger partial charge on any atom is 0.0393 e. The Labute approximate surface area is 84.1 Å². The van der Waals surface area contributed by atoms with Gasteiger partial charge in [-0.25, -0.2) is 0 Å². The lowest BCUT2D eigenvalue weighted by Crippen LogP contribution is -2.12. The quantitative estimate of drug-likeness (QED) is 0.801. The highest BCUT2D eigenvalue weighted by Gasteiger charge is 1.98. The van der Waals surface area contributed by atoms with Crippen LogP contribution in [-0.4, -0.2) is 23.0 Å². The third-order valence-electron chi connectivity index (χ3n) is 1.89. The van der Waals surface area contributed by atoms with Gasteiger partial charge in [0.2, 0.25) is 0 Å². The largest absolute Gasteiger partial charge is 0.384 e. The number of anilines is 1. The van der Waals surface area contributed by atoms with E-state index in [1.807, 2.05) is 30.9 Å². The summed E-state index contributed by atoms with van der Waals surface area (Å²) < 4.78 is 0. The van der Waals surface area contributed by atoms with Crippen LogP contribution in [-0.2, 0) is 0 Å². The van der Waals surface area contributed by atoms with Gasteiger partial charge in [-0.1, -0.05) is 6.92 Å². The number of nitrogens with zero attached hydrogens (tertiary/aromatic N) is 1. The Morgan fingerprint density at radius 2 is 2.38 bits per heavy atom. The highest BCUT2D eigenvalue weighted by Crippen LogP contribution is 2.10. The van der Waals surface area contributed by atoms with E-state index in [1.54, 1.807) is 0 Å². The minimum atomic E-state index is 0.647. The Balaban J connectivity index is 2.45. The van der Waals surface area contributed by atoms with E-state index in [4.69, 9.17) is 0 Å². The van der Waals surface area contributed by atoms with Crippen molar-refractivity contribution in [2.45, 2.75) is 19.1 Å². The molecule has 0 spiro atoms. The van der Waals surface area contributed by atoms with Crippen LogP contribution >= 0.6 is 11.8 Å². The zero-order chi connectivity index (χ0) is 9.68. The molecule has 0 fully saturated rings. The average molecular weight is 196 g/mol. The van der Waals surface area contributed by atoms with Crippen molar-refractivity contribution in [3.05, 3.63) is 24.0 Å². The summed E-state index contributed by atoms with van der Waals surface area (Å²) >= 11 is 1.87. The fourth-order valence-electron chi connectivity index (χ4n) is 1.00. The third kappa shape index (κ3) is 3.68. The van der Waals surface area contributed by atoms with Gasteiger partial charge in [0, 0.05) is 29.4 Å². The van der Waals surface area contributed by atoms with Gasteiger partial charge in [0.25, 0.3) is 0 Å².